The number of rotatable bonds is 4. The van der Waals surface area contributed by atoms with Gasteiger partial charge in [-0.25, -0.2) is 13.6 Å². The Morgan fingerprint density at radius 1 is 1.10 bits per heavy atom. The first-order valence-corrected chi connectivity index (χ1v) is 10.5. The smallest absolute Gasteiger partial charge is 0.320 e. The van der Waals surface area contributed by atoms with Gasteiger partial charge in [-0.05, 0) is 55.7 Å². The van der Waals surface area contributed by atoms with E-state index in [4.69, 9.17) is 0 Å². The summed E-state index contributed by atoms with van der Waals surface area (Å²) in [4.78, 5) is 26.8. The molecular weight excluding hydrogens is 424 g/mol. The number of amides is 3. The Balaban J connectivity index is 1.45. The van der Waals surface area contributed by atoms with Crippen LogP contribution in [0.15, 0.2) is 42.5 Å². The Morgan fingerprint density at radius 3 is 2.68 bits per heavy atom. The highest BCUT2D eigenvalue weighted by atomic mass is 32.1. The lowest BCUT2D eigenvalue weighted by Gasteiger charge is -2.23. The molecule has 0 unspecified atom stereocenters. The van der Waals surface area contributed by atoms with Gasteiger partial charge in [-0.3, -0.25) is 4.79 Å². The van der Waals surface area contributed by atoms with Crippen LogP contribution in [0.4, 0.5) is 25.0 Å². The maximum Gasteiger partial charge on any atom is 0.322 e. The molecule has 31 heavy (non-hydrogen) atoms. The van der Waals surface area contributed by atoms with E-state index in [0.29, 0.717) is 34.9 Å². The number of hydrogen-bond donors (Lipinski definition) is 2. The molecule has 3 aromatic rings. The maximum absolute atomic E-state index is 13.8. The van der Waals surface area contributed by atoms with E-state index in [1.165, 1.54) is 24.3 Å². The molecule has 2 aromatic carbocycles. The molecule has 1 aliphatic rings. The fourth-order valence-corrected chi connectivity index (χ4v) is 4.23. The van der Waals surface area contributed by atoms with E-state index in [0.717, 1.165) is 17.8 Å². The van der Waals surface area contributed by atoms with E-state index < -0.39 is 17.5 Å². The number of carbonyl (C=O) groups excluding carboxylic acids is 2. The number of benzene rings is 2. The molecule has 1 fully saturated rings. The van der Waals surface area contributed by atoms with Crippen LogP contribution >= 0.6 is 11.3 Å². The normalized spacial score (nSPS) is 15.7. The number of anilines is 2. The summed E-state index contributed by atoms with van der Waals surface area (Å²) in [5.41, 5.74) is 1.18. The molecule has 0 radical (unpaired) electrons. The van der Waals surface area contributed by atoms with Gasteiger partial charge in [-0.2, -0.15) is 0 Å². The summed E-state index contributed by atoms with van der Waals surface area (Å²) in [6, 6.07) is 9.36. The van der Waals surface area contributed by atoms with Gasteiger partial charge >= 0.3 is 6.03 Å². The van der Waals surface area contributed by atoms with Crippen molar-refractivity contribution in [1.82, 2.24) is 15.1 Å². The van der Waals surface area contributed by atoms with Crippen LogP contribution in [0.2, 0.25) is 0 Å². The van der Waals surface area contributed by atoms with Crippen molar-refractivity contribution in [3.8, 4) is 0 Å². The van der Waals surface area contributed by atoms with Crippen molar-refractivity contribution < 1.29 is 18.4 Å². The zero-order chi connectivity index (χ0) is 22.0. The Labute approximate surface area is 181 Å². The van der Waals surface area contributed by atoms with Gasteiger partial charge in [-0.1, -0.05) is 23.5 Å². The van der Waals surface area contributed by atoms with E-state index in [-0.39, 0.29) is 17.1 Å². The van der Waals surface area contributed by atoms with Crippen LogP contribution in [0.1, 0.15) is 39.3 Å². The molecule has 7 nitrogen and oxygen atoms in total. The topological polar surface area (TPSA) is 87.2 Å². The minimum Gasteiger partial charge on any atom is -0.320 e. The van der Waals surface area contributed by atoms with Gasteiger partial charge in [0.2, 0.25) is 5.01 Å². The SMILES string of the molecule is Cc1ccc(NC(=O)N2CCC[C@@H]2c2nnc(C(=O)Nc3cccc(F)c3)s2)cc1F. The number of aromatic nitrogens is 2. The van der Waals surface area contributed by atoms with Crippen LogP contribution in [0.25, 0.3) is 0 Å². The Kier molecular flexibility index (Phi) is 5.90. The quantitative estimate of drug-likeness (QED) is 0.609. The molecule has 1 aliphatic heterocycles. The van der Waals surface area contributed by atoms with Crippen LogP contribution in [0.5, 0.6) is 0 Å². The predicted molar refractivity (Wildman–Crippen MR) is 113 cm³/mol. The zero-order valence-corrected chi connectivity index (χ0v) is 17.4. The standard InChI is InChI=1S/C21H19F2N5O2S/c1-12-7-8-15(11-16(12)23)25-21(30)28-9-3-6-17(28)19-26-27-20(31-19)18(29)24-14-5-2-4-13(22)10-14/h2,4-5,7-8,10-11,17H,3,6,9H2,1H3,(H,24,29)(H,25,30)/t17-/m1/s1. The number of halogens is 2. The van der Waals surface area contributed by atoms with Crippen molar-refractivity contribution in [3.05, 3.63) is 69.7 Å². The number of urea groups is 1. The second-order valence-electron chi connectivity index (χ2n) is 7.16. The molecule has 4 rings (SSSR count). The number of nitrogens with one attached hydrogen (secondary N) is 2. The molecule has 2 heterocycles. The summed E-state index contributed by atoms with van der Waals surface area (Å²) in [5.74, 6) is -1.36. The highest BCUT2D eigenvalue weighted by molar-refractivity contribution is 7.13. The first-order valence-electron chi connectivity index (χ1n) is 9.65. The van der Waals surface area contributed by atoms with Crippen molar-refractivity contribution in [2.24, 2.45) is 0 Å². The molecule has 0 spiro atoms. The van der Waals surface area contributed by atoms with E-state index >= 15 is 0 Å². The summed E-state index contributed by atoms with van der Waals surface area (Å²) in [6.45, 7) is 2.16. The second-order valence-corrected chi connectivity index (χ2v) is 8.16. The third-order valence-electron chi connectivity index (χ3n) is 4.94. The van der Waals surface area contributed by atoms with Crippen LogP contribution in [-0.2, 0) is 0 Å². The summed E-state index contributed by atoms with van der Waals surface area (Å²) in [6.07, 6.45) is 1.45. The Morgan fingerprint density at radius 2 is 1.90 bits per heavy atom. The summed E-state index contributed by atoms with van der Waals surface area (Å²) >= 11 is 1.08. The number of likely N-dealkylation sites (tertiary alicyclic amines) is 1. The lowest BCUT2D eigenvalue weighted by atomic mass is 10.2. The number of aryl methyl sites for hydroxylation is 1. The average Bonchev–Trinajstić information content (AvgIpc) is 3.40. The molecule has 0 bridgehead atoms. The predicted octanol–water partition coefficient (Wildman–Crippen LogP) is 4.75. The lowest BCUT2D eigenvalue weighted by Crippen LogP contribution is -2.34. The van der Waals surface area contributed by atoms with Gasteiger partial charge in [0.15, 0.2) is 0 Å². The number of nitrogens with zero attached hydrogens (tertiary/aromatic N) is 3. The minimum absolute atomic E-state index is 0.118. The van der Waals surface area contributed by atoms with Crippen molar-refractivity contribution in [3.63, 3.8) is 0 Å². The van der Waals surface area contributed by atoms with E-state index in [2.05, 4.69) is 20.8 Å². The second kappa shape index (κ2) is 8.76. The highest BCUT2D eigenvalue weighted by Crippen LogP contribution is 2.34. The van der Waals surface area contributed by atoms with Gasteiger partial charge in [-0.15, -0.1) is 10.2 Å². The highest BCUT2D eigenvalue weighted by Gasteiger charge is 2.33. The van der Waals surface area contributed by atoms with Crippen LogP contribution < -0.4 is 10.6 Å². The molecule has 3 amide bonds. The number of hydrogen-bond acceptors (Lipinski definition) is 5. The van der Waals surface area contributed by atoms with Crippen molar-refractivity contribution in [2.75, 3.05) is 17.2 Å². The van der Waals surface area contributed by atoms with E-state index in [9.17, 15) is 18.4 Å². The minimum atomic E-state index is -0.501. The fraction of sp³-hybridized carbons (Fsp3) is 0.238. The fourth-order valence-electron chi connectivity index (χ4n) is 3.34. The summed E-state index contributed by atoms with van der Waals surface area (Å²) < 4.78 is 27.1. The van der Waals surface area contributed by atoms with Gasteiger partial charge in [0.05, 0.1) is 6.04 Å². The molecular formula is C21H19F2N5O2S. The zero-order valence-electron chi connectivity index (χ0n) is 16.6. The van der Waals surface area contributed by atoms with Crippen LogP contribution in [0, 0.1) is 18.6 Å². The van der Waals surface area contributed by atoms with Gasteiger partial charge in [0.25, 0.3) is 5.91 Å². The third kappa shape index (κ3) is 4.69. The molecule has 1 atom stereocenters. The van der Waals surface area contributed by atoms with Crippen molar-refractivity contribution in [2.45, 2.75) is 25.8 Å². The first-order chi connectivity index (χ1) is 14.9. The molecule has 1 aromatic heterocycles. The van der Waals surface area contributed by atoms with Gasteiger partial charge < -0.3 is 15.5 Å². The van der Waals surface area contributed by atoms with Crippen molar-refractivity contribution >= 4 is 34.6 Å². The molecule has 0 aliphatic carbocycles. The van der Waals surface area contributed by atoms with Gasteiger partial charge in [0, 0.05) is 17.9 Å². The number of carbonyl (C=O) groups is 2. The lowest BCUT2D eigenvalue weighted by molar-refractivity contribution is 0.102. The first kappa shape index (κ1) is 20.9. The van der Waals surface area contributed by atoms with Gasteiger partial charge in [0.1, 0.15) is 16.6 Å². The third-order valence-corrected chi connectivity index (χ3v) is 5.96. The largest absolute Gasteiger partial charge is 0.322 e. The Hall–Kier alpha value is -3.40. The van der Waals surface area contributed by atoms with E-state index in [1.54, 1.807) is 30.0 Å². The monoisotopic (exact) mass is 443 g/mol. The molecule has 10 heteroatoms. The molecule has 2 N–H and O–H groups in total. The molecule has 160 valence electrons. The maximum atomic E-state index is 13.8. The Bertz CT molecular complexity index is 1140. The average molecular weight is 443 g/mol. The molecule has 0 saturated carbocycles. The summed E-state index contributed by atoms with van der Waals surface area (Å²) in [5, 5.41) is 14.0. The van der Waals surface area contributed by atoms with Crippen LogP contribution in [0.3, 0.4) is 0 Å². The van der Waals surface area contributed by atoms with Crippen molar-refractivity contribution in [1.29, 1.82) is 0 Å². The van der Waals surface area contributed by atoms with Crippen LogP contribution in [-0.4, -0.2) is 33.6 Å². The van der Waals surface area contributed by atoms with E-state index in [1.807, 2.05) is 0 Å². The molecule has 1 saturated heterocycles. The summed E-state index contributed by atoms with van der Waals surface area (Å²) in [7, 11) is 0.